The molecule has 3 fully saturated rings. The monoisotopic (exact) mass is 471 g/mol. The molecule has 0 spiro atoms. The van der Waals surface area contributed by atoms with Gasteiger partial charge in [0, 0.05) is 31.7 Å². The molecule has 1 N–H and O–H groups in total. The molecule has 35 heavy (non-hydrogen) atoms. The summed E-state index contributed by atoms with van der Waals surface area (Å²) in [5.74, 6) is 2.24. The Balaban J connectivity index is 1.26. The zero-order chi connectivity index (χ0) is 24.2. The summed E-state index contributed by atoms with van der Waals surface area (Å²) in [6, 6.07) is 10.7. The number of hydrogen-bond donors (Lipinski definition) is 1. The van der Waals surface area contributed by atoms with E-state index in [1.807, 2.05) is 24.3 Å². The average Bonchev–Trinajstić information content (AvgIpc) is 3.49. The number of urea groups is 1. The number of benzene rings is 1. The van der Waals surface area contributed by atoms with Crippen molar-refractivity contribution < 1.29 is 4.79 Å². The minimum Gasteiger partial charge on any atom is -0.343 e. The summed E-state index contributed by atoms with van der Waals surface area (Å²) in [6.45, 7) is 4.99. The van der Waals surface area contributed by atoms with E-state index < -0.39 is 0 Å². The lowest BCUT2D eigenvalue weighted by atomic mass is 9.74. The molecule has 2 aromatic heterocycles. The van der Waals surface area contributed by atoms with Crippen LogP contribution in [0.25, 0.3) is 5.69 Å². The number of imidazole rings is 1. The van der Waals surface area contributed by atoms with Crippen molar-refractivity contribution >= 4 is 17.8 Å². The van der Waals surface area contributed by atoms with E-state index in [4.69, 9.17) is 9.97 Å². The van der Waals surface area contributed by atoms with Crippen molar-refractivity contribution in [1.82, 2.24) is 24.4 Å². The van der Waals surface area contributed by atoms with Gasteiger partial charge in [-0.15, -0.1) is 0 Å². The number of nitrogens with one attached hydrogen (secondary N) is 1. The van der Waals surface area contributed by atoms with Gasteiger partial charge in [0.15, 0.2) is 0 Å². The second-order valence-electron chi connectivity index (χ2n) is 10.7. The van der Waals surface area contributed by atoms with Crippen molar-refractivity contribution in [2.24, 2.45) is 5.92 Å². The van der Waals surface area contributed by atoms with Crippen LogP contribution in [-0.2, 0) is 5.54 Å². The fourth-order valence-corrected chi connectivity index (χ4v) is 5.34. The van der Waals surface area contributed by atoms with E-state index in [1.54, 1.807) is 11.1 Å². The second-order valence-corrected chi connectivity index (χ2v) is 10.7. The van der Waals surface area contributed by atoms with E-state index in [0.29, 0.717) is 24.2 Å². The van der Waals surface area contributed by atoms with E-state index in [0.717, 1.165) is 36.6 Å². The van der Waals surface area contributed by atoms with Crippen LogP contribution >= 0.6 is 0 Å². The number of anilines is 2. The summed E-state index contributed by atoms with van der Waals surface area (Å²) in [4.78, 5) is 30.6. The number of rotatable bonds is 7. The molecule has 182 valence electrons. The Labute approximate surface area is 206 Å². The smallest absolute Gasteiger partial charge is 0.325 e. The van der Waals surface area contributed by atoms with Gasteiger partial charge in [-0.25, -0.2) is 14.8 Å². The van der Waals surface area contributed by atoms with Crippen LogP contribution in [-0.4, -0.2) is 50.1 Å². The highest BCUT2D eigenvalue weighted by atomic mass is 16.2. The van der Waals surface area contributed by atoms with Crippen LogP contribution < -0.4 is 10.2 Å². The van der Waals surface area contributed by atoms with Gasteiger partial charge in [0.05, 0.1) is 23.6 Å². The summed E-state index contributed by atoms with van der Waals surface area (Å²) >= 11 is 0. The quantitative estimate of drug-likeness (QED) is 0.529. The molecule has 1 saturated heterocycles. The first-order chi connectivity index (χ1) is 16.9. The molecule has 3 heterocycles. The Hall–Kier alpha value is -3.42. The molecule has 1 unspecified atom stereocenters. The molecule has 8 nitrogen and oxygen atoms in total. The third kappa shape index (κ3) is 3.94. The van der Waals surface area contributed by atoms with Crippen LogP contribution in [0.15, 0.2) is 49.1 Å². The van der Waals surface area contributed by atoms with Crippen LogP contribution in [0.2, 0.25) is 0 Å². The molecule has 6 rings (SSSR count). The standard InChI is InChI=1S/C27H33N7O/c1-18(2)22-15-32(3)26(35)34(22)24-10-13-28-25(30-24)31-27(11-5-12-27)23-16-33(17-29-23)21-7-4-6-20(14-21)19-8-9-19/h4,6-7,10,13-14,16-19,22H,5,8-9,11-12,15H2,1-3H3,(H,28,30,31). The van der Waals surface area contributed by atoms with Crippen LogP contribution in [0.5, 0.6) is 0 Å². The van der Waals surface area contributed by atoms with Gasteiger partial charge in [-0.05, 0) is 67.7 Å². The van der Waals surface area contributed by atoms with Gasteiger partial charge in [0.25, 0.3) is 0 Å². The summed E-state index contributed by atoms with van der Waals surface area (Å²) in [7, 11) is 1.85. The summed E-state index contributed by atoms with van der Waals surface area (Å²) in [5.41, 5.74) is 3.28. The Bertz CT molecular complexity index is 1240. The molecule has 2 amide bonds. The third-order valence-electron chi connectivity index (χ3n) is 7.83. The lowest BCUT2D eigenvalue weighted by Crippen LogP contribution is -2.43. The fourth-order valence-electron chi connectivity index (χ4n) is 5.34. The van der Waals surface area contributed by atoms with Gasteiger partial charge in [0.2, 0.25) is 5.95 Å². The minimum absolute atomic E-state index is 0.0149. The number of carbonyl (C=O) groups is 1. The van der Waals surface area contributed by atoms with Crippen LogP contribution in [0, 0.1) is 5.92 Å². The van der Waals surface area contributed by atoms with Crippen LogP contribution in [0.4, 0.5) is 16.6 Å². The molecule has 8 heteroatoms. The number of likely N-dealkylation sites (N-methyl/N-ethyl adjacent to an activating group) is 1. The van der Waals surface area contributed by atoms with Crippen molar-refractivity contribution in [3.8, 4) is 5.69 Å². The van der Waals surface area contributed by atoms with E-state index in [2.05, 4.69) is 59.2 Å². The lowest BCUT2D eigenvalue weighted by Gasteiger charge is -2.41. The first kappa shape index (κ1) is 22.1. The summed E-state index contributed by atoms with van der Waals surface area (Å²) < 4.78 is 2.12. The summed E-state index contributed by atoms with van der Waals surface area (Å²) in [6.07, 6.45) is 11.4. The normalized spacial score (nSPS) is 21.5. The number of nitrogens with zero attached hydrogens (tertiary/aromatic N) is 6. The van der Waals surface area contributed by atoms with Gasteiger partial charge < -0.3 is 14.8 Å². The van der Waals surface area contributed by atoms with Gasteiger partial charge in [0.1, 0.15) is 5.82 Å². The molecule has 1 aromatic carbocycles. The van der Waals surface area contributed by atoms with E-state index in [-0.39, 0.29) is 17.6 Å². The third-order valence-corrected chi connectivity index (χ3v) is 7.83. The largest absolute Gasteiger partial charge is 0.343 e. The minimum atomic E-state index is -0.290. The maximum Gasteiger partial charge on any atom is 0.325 e. The maximum absolute atomic E-state index is 12.9. The molecular formula is C27H33N7O. The van der Waals surface area contributed by atoms with Crippen LogP contribution in [0.3, 0.4) is 0 Å². The molecular weight excluding hydrogens is 438 g/mol. The molecule has 1 atom stereocenters. The van der Waals surface area contributed by atoms with E-state index in [9.17, 15) is 4.79 Å². The second kappa shape index (κ2) is 8.36. The van der Waals surface area contributed by atoms with Crippen molar-refractivity contribution in [3.63, 3.8) is 0 Å². The zero-order valence-corrected chi connectivity index (χ0v) is 20.7. The molecule has 0 radical (unpaired) electrons. The van der Waals surface area contributed by atoms with Crippen molar-refractivity contribution in [1.29, 1.82) is 0 Å². The van der Waals surface area contributed by atoms with E-state index >= 15 is 0 Å². The Morgan fingerprint density at radius 2 is 1.97 bits per heavy atom. The summed E-state index contributed by atoms with van der Waals surface area (Å²) in [5, 5.41) is 3.60. The molecule has 3 aliphatic rings. The Morgan fingerprint density at radius 1 is 1.14 bits per heavy atom. The Kier molecular flexibility index (Phi) is 5.27. The average molecular weight is 472 g/mol. The predicted molar refractivity (Wildman–Crippen MR) is 136 cm³/mol. The van der Waals surface area contributed by atoms with Gasteiger partial charge >= 0.3 is 6.03 Å². The van der Waals surface area contributed by atoms with Crippen molar-refractivity contribution in [3.05, 3.63) is 60.3 Å². The molecule has 2 aliphatic carbocycles. The first-order valence-corrected chi connectivity index (χ1v) is 12.7. The van der Waals surface area contributed by atoms with Crippen molar-refractivity contribution in [2.45, 2.75) is 63.5 Å². The highest BCUT2D eigenvalue weighted by Crippen LogP contribution is 2.44. The maximum atomic E-state index is 12.9. The first-order valence-electron chi connectivity index (χ1n) is 12.7. The Morgan fingerprint density at radius 3 is 2.69 bits per heavy atom. The number of amides is 2. The van der Waals surface area contributed by atoms with Gasteiger partial charge in [-0.2, -0.15) is 4.98 Å². The van der Waals surface area contributed by atoms with Crippen LogP contribution in [0.1, 0.15) is 63.1 Å². The van der Waals surface area contributed by atoms with Crippen molar-refractivity contribution in [2.75, 3.05) is 23.8 Å². The predicted octanol–water partition coefficient (Wildman–Crippen LogP) is 4.93. The van der Waals surface area contributed by atoms with Gasteiger partial charge in [-0.1, -0.05) is 26.0 Å². The highest BCUT2D eigenvalue weighted by Gasteiger charge is 2.42. The number of aromatic nitrogens is 4. The number of hydrogen-bond acceptors (Lipinski definition) is 5. The molecule has 2 saturated carbocycles. The molecule has 0 bridgehead atoms. The number of carbonyl (C=O) groups excluding carboxylic acids is 1. The molecule has 3 aromatic rings. The SMILES string of the molecule is CC(C)C1CN(C)C(=O)N1c1ccnc(NC2(c3cn(-c4cccc(C5CC5)c4)cn3)CCC2)n1. The van der Waals surface area contributed by atoms with Gasteiger partial charge in [-0.3, -0.25) is 4.90 Å². The lowest BCUT2D eigenvalue weighted by molar-refractivity contribution is 0.229. The van der Waals surface area contributed by atoms with E-state index in [1.165, 1.54) is 18.4 Å². The molecule has 1 aliphatic heterocycles. The zero-order valence-electron chi connectivity index (χ0n) is 20.7. The topological polar surface area (TPSA) is 79.2 Å². The highest BCUT2D eigenvalue weighted by molar-refractivity contribution is 5.94. The fraction of sp³-hybridized carbons (Fsp3) is 0.481.